The predicted molar refractivity (Wildman–Crippen MR) is 160 cm³/mol. The molecule has 0 aliphatic carbocycles. The van der Waals surface area contributed by atoms with Crippen LogP contribution >= 0.6 is 23.4 Å². The SMILES string of the molecule is COc1ccc(OC)c(C2C(C(=O)Nc3ccc(C)cc3C)=C(C)Nc3nc(SCc4ccccc4Cl)nn32)c1. The summed E-state index contributed by atoms with van der Waals surface area (Å²) in [6.07, 6.45) is 0. The van der Waals surface area contributed by atoms with Gasteiger partial charge in [-0.2, -0.15) is 4.98 Å². The molecule has 4 aromatic rings. The summed E-state index contributed by atoms with van der Waals surface area (Å²) in [4.78, 5) is 18.7. The first-order valence-electron chi connectivity index (χ1n) is 12.7. The highest BCUT2D eigenvalue weighted by molar-refractivity contribution is 7.98. The van der Waals surface area contributed by atoms with Gasteiger partial charge < -0.3 is 20.1 Å². The Kier molecular flexibility index (Phi) is 8.04. The van der Waals surface area contributed by atoms with Crippen molar-refractivity contribution < 1.29 is 14.3 Å². The number of ether oxygens (including phenoxy) is 2. The fourth-order valence-electron chi connectivity index (χ4n) is 4.73. The van der Waals surface area contributed by atoms with Crippen molar-refractivity contribution in [1.29, 1.82) is 0 Å². The molecule has 5 rings (SSSR count). The monoisotopic (exact) mass is 575 g/mol. The molecular formula is C30H30ClN5O3S. The van der Waals surface area contributed by atoms with Crippen molar-refractivity contribution in [3.05, 3.63) is 99.2 Å². The third-order valence-corrected chi connectivity index (χ3v) is 8.01. The topological polar surface area (TPSA) is 90.3 Å². The standard InChI is InChI=1S/C30H30ClN5O3S/c1-17-10-12-24(18(2)14-17)33-28(37)26-19(3)32-29-34-30(40-16-20-8-6-7-9-23(20)31)35-36(29)27(26)22-15-21(38-4)11-13-25(22)39-5/h6-15,27H,16H2,1-5H3,(H,33,37)(H,32,34,35). The molecule has 0 spiro atoms. The maximum atomic E-state index is 14.0. The van der Waals surface area contributed by atoms with Crippen molar-refractivity contribution >= 4 is 40.9 Å². The second kappa shape index (κ2) is 11.7. The molecule has 1 aliphatic rings. The van der Waals surface area contributed by atoms with E-state index in [1.165, 1.54) is 11.8 Å². The molecule has 0 radical (unpaired) electrons. The lowest BCUT2D eigenvalue weighted by Crippen LogP contribution is -2.32. The number of anilines is 2. The van der Waals surface area contributed by atoms with Crippen LogP contribution in [0.4, 0.5) is 11.6 Å². The van der Waals surface area contributed by atoms with Crippen LogP contribution < -0.4 is 20.1 Å². The van der Waals surface area contributed by atoms with Crippen LogP contribution in [-0.4, -0.2) is 34.9 Å². The molecule has 0 fully saturated rings. The first kappa shape index (κ1) is 27.6. The van der Waals surface area contributed by atoms with Crippen LogP contribution in [-0.2, 0) is 10.5 Å². The Hall–Kier alpha value is -3.95. The third kappa shape index (κ3) is 5.52. The molecule has 8 nitrogen and oxygen atoms in total. The van der Waals surface area contributed by atoms with E-state index in [0.717, 1.165) is 27.9 Å². The Morgan fingerprint density at radius 2 is 1.88 bits per heavy atom. The van der Waals surface area contributed by atoms with Crippen molar-refractivity contribution in [3.63, 3.8) is 0 Å². The summed E-state index contributed by atoms with van der Waals surface area (Å²) in [7, 11) is 3.21. The van der Waals surface area contributed by atoms with Crippen LogP contribution in [0.3, 0.4) is 0 Å². The van der Waals surface area contributed by atoms with E-state index in [-0.39, 0.29) is 5.91 Å². The zero-order chi connectivity index (χ0) is 28.4. The number of nitrogens with one attached hydrogen (secondary N) is 2. The van der Waals surface area contributed by atoms with Crippen molar-refractivity contribution in [2.45, 2.75) is 37.7 Å². The van der Waals surface area contributed by atoms with E-state index in [1.54, 1.807) is 18.9 Å². The first-order chi connectivity index (χ1) is 19.3. The number of hydrogen-bond acceptors (Lipinski definition) is 7. The largest absolute Gasteiger partial charge is 0.497 e. The van der Waals surface area contributed by atoms with Crippen LogP contribution in [0.2, 0.25) is 5.02 Å². The van der Waals surface area contributed by atoms with Gasteiger partial charge in [0.25, 0.3) is 5.91 Å². The van der Waals surface area contributed by atoms with Gasteiger partial charge in [0.2, 0.25) is 11.1 Å². The molecule has 0 bridgehead atoms. The van der Waals surface area contributed by atoms with E-state index in [1.807, 2.05) is 81.4 Å². The summed E-state index contributed by atoms with van der Waals surface area (Å²) in [6, 6.07) is 18.5. The van der Waals surface area contributed by atoms with Gasteiger partial charge in [0.1, 0.15) is 17.5 Å². The lowest BCUT2D eigenvalue weighted by molar-refractivity contribution is -0.113. The second-order valence-electron chi connectivity index (χ2n) is 9.49. The van der Waals surface area contributed by atoms with Gasteiger partial charge in [-0.15, -0.1) is 5.10 Å². The summed E-state index contributed by atoms with van der Waals surface area (Å²) in [5.74, 6) is 2.11. The van der Waals surface area contributed by atoms with E-state index < -0.39 is 6.04 Å². The van der Waals surface area contributed by atoms with Gasteiger partial charge in [0.05, 0.1) is 19.8 Å². The highest BCUT2D eigenvalue weighted by Crippen LogP contribution is 2.42. The summed E-state index contributed by atoms with van der Waals surface area (Å²) >= 11 is 7.84. The molecular weight excluding hydrogens is 546 g/mol. The molecule has 1 atom stereocenters. The minimum absolute atomic E-state index is 0.252. The molecule has 1 aromatic heterocycles. The minimum atomic E-state index is -0.630. The fourth-order valence-corrected chi connectivity index (χ4v) is 5.84. The number of thioether (sulfide) groups is 1. The van der Waals surface area contributed by atoms with Crippen LogP contribution in [0, 0.1) is 13.8 Å². The number of hydrogen-bond donors (Lipinski definition) is 2. The Balaban J connectivity index is 1.57. The van der Waals surface area contributed by atoms with Crippen molar-refractivity contribution in [2.75, 3.05) is 24.9 Å². The van der Waals surface area contributed by atoms with Crippen molar-refractivity contribution in [2.24, 2.45) is 0 Å². The molecule has 10 heteroatoms. The average molecular weight is 576 g/mol. The number of aromatic nitrogens is 3. The second-order valence-corrected chi connectivity index (χ2v) is 10.8. The summed E-state index contributed by atoms with van der Waals surface area (Å²) in [5, 5.41) is 12.5. The van der Waals surface area contributed by atoms with Crippen LogP contribution in [0.1, 0.15) is 35.2 Å². The highest BCUT2D eigenvalue weighted by atomic mass is 35.5. The van der Waals surface area contributed by atoms with E-state index in [0.29, 0.717) is 44.6 Å². The molecule has 206 valence electrons. The molecule has 1 unspecified atom stereocenters. The maximum Gasteiger partial charge on any atom is 0.255 e. The number of allylic oxidation sites excluding steroid dienone is 1. The molecule has 40 heavy (non-hydrogen) atoms. The van der Waals surface area contributed by atoms with Gasteiger partial charge in [-0.3, -0.25) is 4.79 Å². The third-order valence-electron chi connectivity index (χ3n) is 6.75. The van der Waals surface area contributed by atoms with Gasteiger partial charge in [-0.1, -0.05) is 59.3 Å². The van der Waals surface area contributed by atoms with E-state index in [2.05, 4.69) is 10.6 Å². The normalized spacial score (nSPS) is 14.4. The fraction of sp³-hybridized carbons (Fsp3) is 0.233. The van der Waals surface area contributed by atoms with Gasteiger partial charge in [0.15, 0.2) is 0 Å². The van der Waals surface area contributed by atoms with Crippen LogP contribution in [0.5, 0.6) is 11.5 Å². The van der Waals surface area contributed by atoms with E-state index in [9.17, 15) is 4.79 Å². The number of nitrogens with zero attached hydrogens (tertiary/aromatic N) is 3. The first-order valence-corrected chi connectivity index (χ1v) is 14.1. The number of benzene rings is 3. The Morgan fingerprint density at radius 3 is 2.60 bits per heavy atom. The Bertz CT molecular complexity index is 1620. The Morgan fingerprint density at radius 1 is 1.07 bits per heavy atom. The molecule has 2 heterocycles. The van der Waals surface area contributed by atoms with Crippen molar-refractivity contribution in [1.82, 2.24) is 14.8 Å². The van der Waals surface area contributed by atoms with Crippen LogP contribution in [0.25, 0.3) is 0 Å². The van der Waals surface area contributed by atoms with Gasteiger partial charge in [0, 0.05) is 27.7 Å². The summed E-state index contributed by atoms with van der Waals surface area (Å²) < 4.78 is 13.0. The van der Waals surface area contributed by atoms with Crippen LogP contribution in [0.15, 0.2) is 77.1 Å². The predicted octanol–water partition coefficient (Wildman–Crippen LogP) is 6.79. The van der Waals surface area contributed by atoms with E-state index in [4.69, 9.17) is 31.2 Å². The summed E-state index contributed by atoms with van der Waals surface area (Å²) in [6.45, 7) is 5.86. The summed E-state index contributed by atoms with van der Waals surface area (Å²) in [5.41, 5.74) is 5.72. The number of carbonyl (C=O) groups excluding carboxylic acids is 1. The number of rotatable bonds is 8. The minimum Gasteiger partial charge on any atom is -0.497 e. The lowest BCUT2D eigenvalue weighted by atomic mass is 9.94. The molecule has 0 saturated heterocycles. The number of amides is 1. The Labute approximate surface area is 242 Å². The molecule has 2 N–H and O–H groups in total. The zero-order valence-electron chi connectivity index (χ0n) is 22.9. The molecule has 0 saturated carbocycles. The molecule has 1 aliphatic heterocycles. The molecule has 1 amide bonds. The number of carbonyl (C=O) groups is 1. The number of fused-ring (bicyclic) bond motifs is 1. The number of halogens is 1. The van der Waals surface area contributed by atoms with Gasteiger partial charge >= 0.3 is 0 Å². The quantitative estimate of drug-likeness (QED) is 0.224. The average Bonchev–Trinajstić information content (AvgIpc) is 3.35. The van der Waals surface area contributed by atoms with Gasteiger partial charge in [-0.25, -0.2) is 4.68 Å². The maximum absolute atomic E-state index is 14.0. The van der Waals surface area contributed by atoms with E-state index >= 15 is 0 Å². The smallest absolute Gasteiger partial charge is 0.255 e. The van der Waals surface area contributed by atoms with Crippen molar-refractivity contribution in [3.8, 4) is 11.5 Å². The highest BCUT2D eigenvalue weighted by Gasteiger charge is 2.36. The lowest BCUT2D eigenvalue weighted by Gasteiger charge is -2.29. The zero-order valence-corrected chi connectivity index (χ0v) is 24.5. The number of aryl methyl sites for hydroxylation is 2. The molecule has 3 aromatic carbocycles. The number of methoxy groups -OCH3 is 2. The van der Waals surface area contributed by atoms with Gasteiger partial charge in [-0.05, 0) is 62.2 Å².